The summed E-state index contributed by atoms with van der Waals surface area (Å²) in [5, 5.41) is 0. The van der Waals surface area contributed by atoms with Gasteiger partial charge >= 0.3 is 0 Å². The molecular formula is C31H42F5NO2. The highest BCUT2D eigenvalue weighted by Gasteiger charge is 2.48. The molecule has 0 N–H and O–H groups in total. The van der Waals surface area contributed by atoms with Crippen LogP contribution in [0.4, 0.5) is 22.0 Å². The first kappa shape index (κ1) is 31.2. The zero-order valence-electron chi connectivity index (χ0n) is 23.2. The van der Waals surface area contributed by atoms with E-state index in [0.29, 0.717) is 30.5 Å². The average Bonchev–Trinajstić information content (AvgIpc) is 2.92. The van der Waals surface area contributed by atoms with Gasteiger partial charge in [0, 0.05) is 23.4 Å². The van der Waals surface area contributed by atoms with Crippen molar-refractivity contribution in [2.24, 2.45) is 0 Å². The fourth-order valence-electron chi connectivity index (χ4n) is 5.16. The lowest BCUT2D eigenvalue weighted by atomic mass is 9.77. The summed E-state index contributed by atoms with van der Waals surface area (Å²) in [5.74, 6) is -7.77. The monoisotopic (exact) mass is 555 g/mol. The summed E-state index contributed by atoms with van der Waals surface area (Å²) >= 11 is 0. The van der Waals surface area contributed by atoms with E-state index in [1.54, 1.807) is 12.1 Å². The van der Waals surface area contributed by atoms with Gasteiger partial charge in [-0.3, -0.25) is 0 Å². The maximum Gasteiger partial charge on any atom is 0.280 e. The molecule has 0 saturated heterocycles. The van der Waals surface area contributed by atoms with Gasteiger partial charge < -0.3 is 9.47 Å². The third kappa shape index (κ3) is 8.55. The van der Waals surface area contributed by atoms with Crippen LogP contribution in [0.15, 0.2) is 24.4 Å². The molecule has 0 saturated carbocycles. The molecule has 1 aromatic carbocycles. The molecule has 8 heteroatoms. The first-order valence-corrected chi connectivity index (χ1v) is 14.5. The largest absolute Gasteiger partial charge is 0.487 e. The van der Waals surface area contributed by atoms with Crippen LogP contribution in [-0.4, -0.2) is 24.4 Å². The number of pyridine rings is 1. The van der Waals surface area contributed by atoms with Crippen LogP contribution in [0, 0.1) is 11.6 Å². The standard InChI is InChI=1S/C31H42F5NO2/c1-3-5-7-9-10-11-13-23(32)21-39-30-24-15-16-25(31(35,36)26(24)19-27(33)29(30)34)22-14-17-28(37-20-22)38-18-12-8-6-4-2/h14,17,19-20,23,25H,3-13,15-16,18,21H2,1-2H3. The Morgan fingerprint density at radius 3 is 2.33 bits per heavy atom. The minimum atomic E-state index is -3.49. The zero-order chi connectivity index (χ0) is 28.3. The van der Waals surface area contributed by atoms with Crippen LogP contribution in [0.2, 0.25) is 0 Å². The van der Waals surface area contributed by atoms with E-state index in [9.17, 15) is 13.2 Å². The summed E-state index contributed by atoms with van der Waals surface area (Å²) in [6.45, 7) is 4.25. The lowest BCUT2D eigenvalue weighted by molar-refractivity contribution is -0.0445. The van der Waals surface area contributed by atoms with Crippen LogP contribution in [0.1, 0.15) is 114 Å². The van der Waals surface area contributed by atoms with Crippen molar-refractivity contribution in [1.29, 1.82) is 0 Å². The van der Waals surface area contributed by atoms with Gasteiger partial charge in [0.2, 0.25) is 11.7 Å². The van der Waals surface area contributed by atoms with Crippen molar-refractivity contribution in [3.8, 4) is 11.6 Å². The second-order valence-corrected chi connectivity index (χ2v) is 10.5. The van der Waals surface area contributed by atoms with Crippen molar-refractivity contribution in [3.05, 3.63) is 52.7 Å². The first-order valence-electron chi connectivity index (χ1n) is 14.5. The van der Waals surface area contributed by atoms with Crippen LogP contribution < -0.4 is 9.47 Å². The van der Waals surface area contributed by atoms with Gasteiger partial charge in [-0.2, -0.15) is 4.39 Å². The van der Waals surface area contributed by atoms with Gasteiger partial charge in [-0.1, -0.05) is 77.7 Å². The predicted molar refractivity (Wildman–Crippen MR) is 144 cm³/mol. The van der Waals surface area contributed by atoms with Crippen molar-refractivity contribution in [1.82, 2.24) is 4.98 Å². The summed E-state index contributed by atoms with van der Waals surface area (Å²) in [6.07, 6.45) is 10.4. The summed E-state index contributed by atoms with van der Waals surface area (Å²) in [5.41, 5.74) is -0.420. The van der Waals surface area contributed by atoms with Gasteiger partial charge in [-0.25, -0.2) is 22.5 Å². The molecule has 1 aromatic heterocycles. The lowest BCUT2D eigenvalue weighted by Crippen LogP contribution is -2.31. The van der Waals surface area contributed by atoms with Gasteiger partial charge in [-0.05, 0) is 37.3 Å². The molecule has 2 aromatic rings. The molecule has 0 radical (unpaired) electrons. The summed E-state index contributed by atoms with van der Waals surface area (Å²) in [4.78, 5) is 4.18. The number of nitrogens with zero attached hydrogens (tertiary/aromatic N) is 1. The molecule has 0 bridgehead atoms. The SMILES string of the molecule is CCCCCCCCC(F)COc1c(F)c(F)cc2c1CCC(c1ccc(OCCCCCC)nc1)C2(F)F. The first-order chi connectivity index (χ1) is 18.8. The molecule has 1 aliphatic carbocycles. The van der Waals surface area contributed by atoms with E-state index in [4.69, 9.17) is 9.47 Å². The van der Waals surface area contributed by atoms with E-state index in [1.165, 1.54) is 6.20 Å². The molecule has 0 spiro atoms. The van der Waals surface area contributed by atoms with E-state index < -0.39 is 47.6 Å². The van der Waals surface area contributed by atoms with Crippen molar-refractivity contribution in [3.63, 3.8) is 0 Å². The van der Waals surface area contributed by atoms with E-state index in [0.717, 1.165) is 57.8 Å². The van der Waals surface area contributed by atoms with E-state index in [2.05, 4.69) is 18.8 Å². The topological polar surface area (TPSA) is 31.4 Å². The maximum absolute atomic E-state index is 15.7. The summed E-state index contributed by atoms with van der Waals surface area (Å²) < 4.78 is 85.8. The number of benzene rings is 1. The molecule has 0 aliphatic heterocycles. The number of rotatable bonds is 17. The molecule has 0 amide bonds. The number of hydrogen-bond donors (Lipinski definition) is 0. The smallest absolute Gasteiger partial charge is 0.280 e. The normalized spacial score (nSPS) is 17.1. The van der Waals surface area contributed by atoms with Gasteiger partial charge in [0.1, 0.15) is 12.8 Å². The van der Waals surface area contributed by atoms with Crippen LogP contribution in [0.5, 0.6) is 11.6 Å². The Kier molecular flexibility index (Phi) is 12.3. The molecule has 218 valence electrons. The highest BCUT2D eigenvalue weighted by molar-refractivity contribution is 5.48. The van der Waals surface area contributed by atoms with Crippen molar-refractivity contribution < 1.29 is 31.4 Å². The molecule has 2 unspecified atom stereocenters. The number of ether oxygens (including phenoxy) is 2. The zero-order valence-corrected chi connectivity index (χ0v) is 23.2. The molecule has 1 aliphatic rings. The van der Waals surface area contributed by atoms with Crippen molar-refractivity contribution in [2.75, 3.05) is 13.2 Å². The third-order valence-electron chi connectivity index (χ3n) is 7.45. The van der Waals surface area contributed by atoms with Gasteiger partial charge in [0.05, 0.1) is 12.5 Å². The molecule has 2 atom stereocenters. The highest BCUT2D eigenvalue weighted by atomic mass is 19.3. The number of fused-ring (bicyclic) bond motifs is 1. The number of halogens is 5. The second kappa shape index (κ2) is 15.4. The number of unbranched alkanes of at least 4 members (excludes halogenated alkanes) is 8. The average molecular weight is 556 g/mol. The molecule has 3 rings (SSSR count). The van der Waals surface area contributed by atoms with E-state index in [1.807, 2.05) is 0 Å². The Morgan fingerprint density at radius 1 is 0.949 bits per heavy atom. The quantitative estimate of drug-likeness (QED) is 0.144. The fourth-order valence-corrected chi connectivity index (χ4v) is 5.16. The molecule has 0 fully saturated rings. The minimum absolute atomic E-state index is 0.0167. The van der Waals surface area contributed by atoms with Crippen molar-refractivity contribution >= 4 is 0 Å². The van der Waals surface area contributed by atoms with Gasteiger partial charge in [0.25, 0.3) is 5.92 Å². The Bertz CT molecular complexity index is 1020. The summed E-state index contributed by atoms with van der Waals surface area (Å²) in [6, 6.07) is 3.66. The van der Waals surface area contributed by atoms with Crippen LogP contribution in [-0.2, 0) is 12.3 Å². The second-order valence-electron chi connectivity index (χ2n) is 10.5. The predicted octanol–water partition coefficient (Wildman–Crippen LogP) is 9.61. The Hall–Kier alpha value is -2.38. The van der Waals surface area contributed by atoms with Gasteiger partial charge in [0.15, 0.2) is 11.6 Å². The Balaban J connectivity index is 1.65. The molecular weight excluding hydrogens is 513 g/mol. The highest BCUT2D eigenvalue weighted by Crippen LogP contribution is 2.52. The number of alkyl halides is 3. The van der Waals surface area contributed by atoms with Gasteiger partial charge in [-0.15, -0.1) is 0 Å². The third-order valence-corrected chi connectivity index (χ3v) is 7.45. The van der Waals surface area contributed by atoms with E-state index in [-0.39, 0.29) is 24.8 Å². The molecule has 39 heavy (non-hydrogen) atoms. The Labute approximate surface area is 229 Å². The van der Waals surface area contributed by atoms with Crippen LogP contribution in [0.25, 0.3) is 0 Å². The Morgan fingerprint density at radius 2 is 1.64 bits per heavy atom. The minimum Gasteiger partial charge on any atom is -0.487 e. The number of aromatic nitrogens is 1. The lowest BCUT2D eigenvalue weighted by Gasteiger charge is -2.34. The van der Waals surface area contributed by atoms with Crippen LogP contribution in [0.3, 0.4) is 0 Å². The summed E-state index contributed by atoms with van der Waals surface area (Å²) in [7, 11) is 0. The molecule has 3 nitrogen and oxygen atoms in total. The fraction of sp³-hybridized carbons (Fsp3) is 0.645. The van der Waals surface area contributed by atoms with Crippen molar-refractivity contribution in [2.45, 2.75) is 115 Å². The van der Waals surface area contributed by atoms with Crippen LogP contribution >= 0.6 is 0 Å². The molecule has 1 heterocycles. The maximum atomic E-state index is 15.7. The number of hydrogen-bond acceptors (Lipinski definition) is 3. The van der Waals surface area contributed by atoms with E-state index >= 15 is 8.78 Å².